The molecule has 20 heterocycles. The van der Waals surface area contributed by atoms with Gasteiger partial charge in [0.15, 0.2) is 0 Å². The number of rotatable bonds is 0. The van der Waals surface area contributed by atoms with Crippen LogP contribution < -0.4 is 0 Å². The summed E-state index contributed by atoms with van der Waals surface area (Å²) in [7, 11) is 26.1. The highest BCUT2D eigenvalue weighted by molar-refractivity contribution is 6.42. The molecule has 0 atom stereocenters. The maximum absolute atomic E-state index is 5.26. The first-order chi connectivity index (χ1) is 50.1. The Balaban J connectivity index is 0.875. The summed E-state index contributed by atoms with van der Waals surface area (Å²) in [6.45, 7) is 0. The molecule has 20 rings (SSSR count). The van der Waals surface area contributed by atoms with Gasteiger partial charge >= 0.3 is 0 Å². The minimum absolute atomic E-state index is 0.00691. The van der Waals surface area contributed by atoms with Gasteiger partial charge in [0.1, 0.15) is 0 Å². The zero-order chi connectivity index (χ0) is 71.1. The van der Waals surface area contributed by atoms with Crippen molar-refractivity contribution in [2.75, 3.05) is 106 Å². The van der Waals surface area contributed by atoms with Crippen LogP contribution in [-0.2, 0) is 0 Å². The summed E-state index contributed by atoms with van der Waals surface area (Å²) < 4.78 is 0. The Morgan fingerprint density at radius 2 is 0.212 bits per heavy atom. The van der Waals surface area contributed by atoms with Crippen molar-refractivity contribution in [2.24, 2.45) is 180 Å². The van der Waals surface area contributed by atoms with Crippen LogP contribution in [0.15, 0.2) is 180 Å². The molecular weight excluding hydrogens is 1350 g/mol. The van der Waals surface area contributed by atoms with Gasteiger partial charge in [0.25, 0.3) is 0 Å². The van der Waals surface area contributed by atoms with Gasteiger partial charge in [-0.2, -0.15) is 180 Å². The summed E-state index contributed by atoms with van der Waals surface area (Å²) >= 11 is 0. The maximum atomic E-state index is 5.26. The Hall–Kier alpha value is -15.3. The third-order valence-electron chi connectivity index (χ3n) is 16.2. The second kappa shape index (κ2) is 20.4. The van der Waals surface area contributed by atoms with Crippen LogP contribution in [0.1, 0.15) is 0 Å². The van der Waals surface area contributed by atoms with Gasteiger partial charge < -0.3 is 29.4 Å². The highest BCUT2D eigenvalue weighted by atomic mass is 15.7. The maximum Gasteiger partial charge on any atom is 0.246 e. The molecule has 0 spiro atoms. The summed E-state index contributed by atoms with van der Waals surface area (Å²) in [5, 5.41) is 0. The van der Waals surface area contributed by atoms with Crippen LogP contribution in [0.3, 0.4) is 0 Å². The molecule has 0 aliphatic carbocycles. The lowest BCUT2D eigenvalue weighted by atomic mass is 10.4. The lowest BCUT2D eigenvalue weighted by molar-refractivity contribution is 0.600. The minimum Gasteiger partial charge on any atom is -0.347 e. The molecule has 0 radical (unpaired) electrons. The van der Waals surface area contributed by atoms with E-state index in [1.54, 1.807) is 135 Å². The van der Waals surface area contributed by atoms with Gasteiger partial charge in [-0.1, -0.05) is 0 Å². The molecule has 104 heavy (non-hydrogen) atoms. The SMILES string of the molecule is CN(C)C1=NC2=NC(N(C)C)=NC3=NC(N4C5=NC6=NC(N(C)C)=NC7=NC(=NC(=N5)N67)N5C6=NC7=NC(N(C)C)=NC8=NC(=NC(=N6)N78)N(C)C6=NC7=NC(N(C)C)=NC8=NC(=NC(=N6)N78)N(C)C6=NC7=NC(=NC8=NC5=NC(=N6)N78)N(C)C5=NC6=NC(N(C)C)=NC7=NC4=NC(=N5)N67)=NC(=N1)N23. The van der Waals surface area contributed by atoms with Crippen LogP contribution in [0.5, 0.6) is 0 Å². The van der Waals surface area contributed by atoms with Crippen LogP contribution >= 0.6 is 0 Å². The number of nitrogens with zero attached hydrogens (tertiary/aromatic N) is 53. The average molecular weight is 1400 g/mol. The van der Waals surface area contributed by atoms with Crippen LogP contribution in [0.4, 0.5) is 0 Å². The Morgan fingerprint density at radius 3 is 0.337 bits per heavy atom. The van der Waals surface area contributed by atoms with Gasteiger partial charge in [-0.3, -0.25) is 14.7 Å². The van der Waals surface area contributed by atoms with E-state index in [4.69, 9.17) is 180 Å². The third kappa shape index (κ3) is 8.57. The van der Waals surface area contributed by atoms with Gasteiger partial charge in [-0.05, 0) is 0 Å². The predicted octanol–water partition coefficient (Wildman–Crippen LogP) is -6.34. The first-order valence-corrected chi connectivity index (χ1v) is 30.9. The number of aliphatic imine (C=N–C) groups is 36. The molecule has 17 bridgehead atoms. The molecule has 0 aromatic rings. The molecule has 0 saturated heterocycles. The van der Waals surface area contributed by atoms with Crippen LogP contribution in [0.2, 0.25) is 0 Å². The van der Waals surface area contributed by atoms with Crippen molar-refractivity contribution in [1.29, 1.82) is 0 Å². The van der Waals surface area contributed by atoms with Crippen LogP contribution in [-0.4, -0.2) is 404 Å². The predicted molar refractivity (Wildman–Crippen MR) is 388 cm³/mol. The Labute approximate surface area is 581 Å². The molecule has 514 valence electrons. The lowest BCUT2D eigenvalue weighted by Crippen LogP contribution is -2.58. The summed E-state index contributed by atoms with van der Waals surface area (Å²) in [6, 6.07) is 0. The number of hydrogen-bond donors (Lipinski definition) is 0. The molecule has 53 nitrogen and oxygen atoms in total. The quantitative estimate of drug-likeness (QED) is 0.218. The van der Waals surface area contributed by atoms with E-state index >= 15 is 0 Å². The van der Waals surface area contributed by atoms with Gasteiger partial charge in [0.2, 0.25) is 215 Å². The fraction of sp³-hybridized carbons (Fsp3) is 0.294. The van der Waals surface area contributed by atoms with E-state index in [2.05, 4.69) is 0 Å². The highest BCUT2D eigenvalue weighted by Crippen LogP contribution is 2.32. The summed E-state index contributed by atoms with van der Waals surface area (Å²) in [4.78, 5) is 206. The molecule has 53 heteroatoms. The molecule has 0 saturated carbocycles. The molecule has 0 fully saturated rings. The third-order valence-corrected chi connectivity index (χ3v) is 16.2. The van der Waals surface area contributed by atoms with E-state index in [9.17, 15) is 0 Å². The molecule has 0 N–H and O–H groups in total. The minimum atomic E-state index is -0.284. The van der Waals surface area contributed by atoms with E-state index in [0.29, 0.717) is 0 Å². The van der Waals surface area contributed by atoms with E-state index in [1.165, 1.54) is 53.9 Å². The van der Waals surface area contributed by atoms with Crippen molar-refractivity contribution in [1.82, 2.24) is 83.3 Å². The van der Waals surface area contributed by atoms with Crippen molar-refractivity contribution in [3.8, 4) is 0 Å². The van der Waals surface area contributed by atoms with Crippen LogP contribution in [0.25, 0.3) is 0 Å². The van der Waals surface area contributed by atoms with Crippen molar-refractivity contribution in [2.45, 2.75) is 0 Å². The fourth-order valence-electron chi connectivity index (χ4n) is 11.0. The largest absolute Gasteiger partial charge is 0.347 e. The van der Waals surface area contributed by atoms with Gasteiger partial charge in [-0.15, -0.1) is 0 Å². The second-order valence-corrected chi connectivity index (χ2v) is 24.6. The molecular formula is C51H45N53. The monoisotopic (exact) mass is 1400 g/mol. The molecule has 0 aromatic heterocycles. The van der Waals surface area contributed by atoms with Crippen molar-refractivity contribution >= 4 is 215 Å². The molecule has 0 amide bonds. The average Bonchev–Trinajstić information content (AvgIpc) is 0.718. The van der Waals surface area contributed by atoms with Crippen molar-refractivity contribution in [3.63, 3.8) is 0 Å². The van der Waals surface area contributed by atoms with Crippen LogP contribution in [0, 0.1) is 0 Å². The standard InChI is InChI=1S/C51H45N53/c1-88(2)16-52-28-53-17(89(3)4)59-34-77-45(76-33(58-16)97(28)34)103-46-78-35-60-20(92(9)10)57-32-67-25(73-42(82-46)100(32)35)96(15)27-71-40-70-26-74-43-84-50(85-44(75-27)102(40)43)104(49-81-38-63-21(93(11)12)62-37-80-48(103)86-51(87-49)101(37)38)47-79-36-61-19(91(7)8)56-31-66-24(72-41(83-47)99(31)36)94(13)22-64-29-54-18(90(5)6)55-30-65-23(95(26)14)69-39(68-22)98(29)30/h1-15H3. The summed E-state index contributed by atoms with van der Waals surface area (Å²) in [5.74, 6) is -0.539. The Bertz CT molecular complexity index is 5560. The summed E-state index contributed by atoms with van der Waals surface area (Å²) in [5.41, 5.74) is 0. The Morgan fingerprint density at radius 1 is 0.125 bits per heavy atom. The molecule has 20 aliphatic rings. The number of hydrogen-bond acceptors (Lipinski definition) is 53. The van der Waals surface area contributed by atoms with Gasteiger partial charge in [-0.25, -0.2) is 39.2 Å². The van der Waals surface area contributed by atoms with E-state index in [-0.39, 0.29) is 215 Å². The zero-order valence-electron chi connectivity index (χ0n) is 56.7. The molecule has 20 aliphatic heterocycles. The second-order valence-electron chi connectivity index (χ2n) is 24.6. The Kier molecular flexibility index (Phi) is 11.6. The van der Waals surface area contributed by atoms with Gasteiger partial charge in [0.05, 0.1) is 0 Å². The van der Waals surface area contributed by atoms with E-state index in [1.807, 2.05) is 0 Å². The summed E-state index contributed by atoms with van der Waals surface area (Å²) in [6.07, 6.45) is 0. The fourth-order valence-corrected chi connectivity index (χ4v) is 11.0. The van der Waals surface area contributed by atoms with E-state index in [0.717, 1.165) is 0 Å². The smallest absolute Gasteiger partial charge is 0.246 e. The first-order valence-electron chi connectivity index (χ1n) is 30.9. The first kappa shape index (κ1) is 58.8. The van der Waals surface area contributed by atoms with Crippen molar-refractivity contribution < 1.29 is 0 Å². The topological polar surface area (TPSA) is 500 Å². The molecule has 0 aromatic carbocycles. The van der Waals surface area contributed by atoms with E-state index < -0.39 is 0 Å². The number of guanidine groups is 36. The van der Waals surface area contributed by atoms with Gasteiger partial charge in [0, 0.05) is 106 Å². The highest BCUT2D eigenvalue weighted by Gasteiger charge is 2.50. The zero-order valence-corrected chi connectivity index (χ0v) is 56.7. The number of fused-ring (bicyclic) bond motifs is 7. The molecule has 0 unspecified atom stereocenters. The normalized spacial score (nSPS) is 23.3. The van der Waals surface area contributed by atoms with Crippen molar-refractivity contribution in [3.05, 3.63) is 0 Å². The lowest BCUT2D eigenvalue weighted by Gasteiger charge is -2.38.